The van der Waals surface area contributed by atoms with E-state index in [1.807, 2.05) is 0 Å². The van der Waals surface area contributed by atoms with Gasteiger partial charge in [0, 0.05) is 18.2 Å². The first-order valence-electron chi connectivity index (χ1n) is 5.85. The van der Waals surface area contributed by atoms with E-state index in [4.69, 9.17) is 5.11 Å². The monoisotopic (exact) mass is 302 g/mol. The highest BCUT2D eigenvalue weighted by Gasteiger charge is 2.25. The Morgan fingerprint density at radius 1 is 1.35 bits per heavy atom. The third kappa shape index (κ3) is 4.29. The van der Waals surface area contributed by atoms with Gasteiger partial charge >= 0.3 is 5.97 Å². The van der Waals surface area contributed by atoms with Gasteiger partial charge in [-0.1, -0.05) is 23.9 Å². The van der Waals surface area contributed by atoms with E-state index >= 15 is 0 Å². The molecule has 0 saturated heterocycles. The molecule has 7 heteroatoms. The van der Waals surface area contributed by atoms with E-state index in [0.29, 0.717) is 0 Å². The van der Waals surface area contributed by atoms with Crippen LogP contribution in [0, 0.1) is 5.82 Å². The summed E-state index contributed by atoms with van der Waals surface area (Å²) in [6.45, 7) is 1.38. The van der Waals surface area contributed by atoms with E-state index in [2.05, 4.69) is 0 Å². The summed E-state index contributed by atoms with van der Waals surface area (Å²) in [5.41, 5.74) is -0.837. The van der Waals surface area contributed by atoms with Crippen molar-refractivity contribution in [1.82, 2.24) is 0 Å². The molecular formula is C13H15FO5S. The Morgan fingerprint density at radius 3 is 2.55 bits per heavy atom. The van der Waals surface area contributed by atoms with Crippen LogP contribution in [0.15, 0.2) is 18.2 Å². The zero-order valence-corrected chi connectivity index (χ0v) is 11.6. The van der Waals surface area contributed by atoms with Gasteiger partial charge in [-0.05, 0) is 12.5 Å². The molecule has 0 saturated carbocycles. The Bertz CT molecular complexity index is 506. The number of hydrogen-bond donors (Lipinski definition) is 3. The molecule has 0 radical (unpaired) electrons. The molecule has 20 heavy (non-hydrogen) atoms. The van der Waals surface area contributed by atoms with E-state index in [1.165, 1.54) is 19.1 Å². The molecular weight excluding hydrogens is 287 g/mol. The number of carboxylic acids is 1. The van der Waals surface area contributed by atoms with Crippen LogP contribution in [0.25, 0.3) is 0 Å². The largest absolute Gasteiger partial charge is 0.478 e. The summed E-state index contributed by atoms with van der Waals surface area (Å²) in [5.74, 6) is -2.20. The average molecular weight is 302 g/mol. The molecule has 1 aromatic carbocycles. The lowest BCUT2D eigenvalue weighted by molar-refractivity contribution is -0.109. The van der Waals surface area contributed by atoms with Crippen LogP contribution in [0.3, 0.4) is 0 Å². The van der Waals surface area contributed by atoms with E-state index in [0.717, 1.165) is 17.8 Å². The zero-order chi connectivity index (χ0) is 15.3. The lowest BCUT2D eigenvalue weighted by Crippen LogP contribution is -2.22. The highest BCUT2D eigenvalue weighted by atomic mass is 32.2. The number of aliphatic hydroxyl groups is 2. The Morgan fingerprint density at radius 2 is 2.00 bits per heavy atom. The van der Waals surface area contributed by atoms with Crippen LogP contribution in [0.1, 0.15) is 35.4 Å². The van der Waals surface area contributed by atoms with Crippen molar-refractivity contribution in [2.45, 2.75) is 25.6 Å². The zero-order valence-electron chi connectivity index (χ0n) is 10.7. The van der Waals surface area contributed by atoms with E-state index in [1.54, 1.807) is 0 Å². The molecule has 0 aliphatic rings. The van der Waals surface area contributed by atoms with Crippen molar-refractivity contribution < 1.29 is 29.3 Å². The number of halogens is 1. The molecule has 1 aromatic rings. The maximum atomic E-state index is 13.5. The number of benzene rings is 1. The molecule has 0 bridgehead atoms. The summed E-state index contributed by atoms with van der Waals surface area (Å²) in [6, 6.07) is 3.48. The molecule has 2 unspecified atom stereocenters. The molecule has 0 spiro atoms. The minimum atomic E-state index is -1.52. The first-order chi connectivity index (χ1) is 9.34. The summed E-state index contributed by atoms with van der Waals surface area (Å²) in [6.07, 6.45) is -2.72. The molecule has 0 fully saturated rings. The second-order valence-electron chi connectivity index (χ2n) is 4.15. The van der Waals surface area contributed by atoms with Crippen molar-refractivity contribution >= 4 is 22.8 Å². The fraction of sp³-hybridized carbons (Fsp3) is 0.385. The van der Waals surface area contributed by atoms with Gasteiger partial charge < -0.3 is 15.3 Å². The van der Waals surface area contributed by atoms with Gasteiger partial charge in [0.25, 0.3) is 0 Å². The summed E-state index contributed by atoms with van der Waals surface area (Å²) in [4.78, 5) is 21.7. The first-order valence-corrected chi connectivity index (χ1v) is 6.84. The number of carboxylic acid groups (broad SMARTS) is 1. The normalized spacial score (nSPS) is 13.8. The van der Waals surface area contributed by atoms with Gasteiger partial charge in [0.15, 0.2) is 5.12 Å². The third-order valence-electron chi connectivity index (χ3n) is 2.66. The minimum Gasteiger partial charge on any atom is -0.478 e. The van der Waals surface area contributed by atoms with Crippen molar-refractivity contribution in [3.05, 3.63) is 35.1 Å². The fourth-order valence-corrected chi connectivity index (χ4v) is 2.35. The minimum absolute atomic E-state index is 0.0843. The van der Waals surface area contributed by atoms with Gasteiger partial charge in [0.05, 0.1) is 6.10 Å². The van der Waals surface area contributed by atoms with Crippen LogP contribution in [-0.2, 0) is 4.79 Å². The fourth-order valence-electron chi connectivity index (χ4n) is 1.70. The number of rotatable bonds is 6. The lowest BCUT2D eigenvalue weighted by Gasteiger charge is -2.19. The van der Waals surface area contributed by atoms with Gasteiger partial charge in [0.1, 0.15) is 17.5 Å². The van der Waals surface area contributed by atoms with E-state index in [9.17, 15) is 24.2 Å². The smallest absolute Gasteiger partial charge is 0.339 e. The number of hydrogen-bond acceptors (Lipinski definition) is 5. The van der Waals surface area contributed by atoms with Crippen LogP contribution in [0.5, 0.6) is 0 Å². The van der Waals surface area contributed by atoms with Crippen LogP contribution >= 0.6 is 11.8 Å². The van der Waals surface area contributed by atoms with Crippen LogP contribution in [0.2, 0.25) is 0 Å². The SMILES string of the molecule is CC(=O)SCCC(O)C(O)c1cccc(F)c1C(=O)O. The summed E-state index contributed by atoms with van der Waals surface area (Å²) in [5, 5.41) is 28.5. The molecule has 3 N–H and O–H groups in total. The topological polar surface area (TPSA) is 94.8 Å². The molecule has 0 heterocycles. The van der Waals surface area contributed by atoms with Gasteiger partial charge in [-0.15, -0.1) is 0 Å². The molecule has 5 nitrogen and oxygen atoms in total. The molecule has 0 amide bonds. The van der Waals surface area contributed by atoms with E-state index < -0.39 is 29.6 Å². The lowest BCUT2D eigenvalue weighted by atomic mass is 9.97. The number of thioether (sulfide) groups is 1. The molecule has 110 valence electrons. The maximum Gasteiger partial charge on any atom is 0.339 e. The van der Waals surface area contributed by atoms with Gasteiger partial charge in [-0.25, -0.2) is 9.18 Å². The van der Waals surface area contributed by atoms with Crippen molar-refractivity contribution in [1.29, 1.82) is 0 Å². The molecule has 1 rings (SSSR count). The number of carbonyl (C=O) groups is 2. The number of aliphatic hydroxyl groups excluding tert-OH is 2. The molecule has 0 aromatic heterocycles. The molecule has 0 aliphatic carbocycles. The standard InChI is InChI=1S/C13H15FO5S/c1-7(15)20-6-5-10(16)12(17)8-3-2-4-9(14)11(8)13(18)19/h2-4,10,12,16-17H,5-6H2,1H3,(H,18,19). The Kier molecular flexibility index (Phi) is 6.12. The summed E-state index contributed by atoms with van der Waals surface area (Å²) >= 11 is 0.985. The Hall–Kier alpha value is -1.44. The average Bonchev–Trinajstić information content (AvgIpc) is 2.36. The summed E-state index contributed by atoms with van der Waals surface area (Å²) < 4.78 is 13.5. The van der Waals surface area contributed by atoms with Gasteiger partial charge in [0.2, 0.25) is 0 Å². The number of aromatic carboxylic acids is 1. The van der Waals surface area contributed by atoms with Crippen molar-refractivity contribution in [3.8, 4) is 0 Å². The highest BCUT2D eigenvalue weighted by Crippen LogP contribution is 2.25. The molecule has 0 aliphatic heterocycles. The maximum absolute atomic E-state index is 13.5. The van der Waals surface area contributed by atoms with E-state index in [-0.39, 0.29) is 22.9 Å². The second kappa shape index (κ2) is 7.37. The van der Waals surface area contributed by atoms with Crippen molar-refractivity contribution in [2.75, 3.05) is 5.75 Å². The Balaban J connectivity index is 2.86. The van der Waals surface area contributed by atoms with Crippen LogP contribution in [-0.4, -0.2) is 38.3 Å². The van der Waals surface area contributed by atoms with Gasteiger partial charge in [-0.3, -0.25) is 4.79 Å². The predicted molar refractivity (Wildman–Crippen MR) is 72.1 cm³/mol. The molecule has 2 atom stereocenters. The number of carbonyl (C=O) groups excluding carboxylic acids is 1. The second-order valence-corrected chi connectivity index (χ2v) is 5.42. The summed E-state index contributed by atoms with van der Waals surface area (Å²) in [7, 11) is 0. The Labute approximate surface area is 119 Å². The first kappa shape index (κ1) is 16.6. The highest BCUT2D eigenvalue weighted by molar-refractivity contribution is 8.13. The third-order valence-corrected chi connectivity index (χ3v) is 3.51. The van der Waals surface area contributed by atoms with Crippen molar-refractivity contribution in [3.63, 3.8) is 0 Å². The predicted octanol–water partition coefficient (Wildman–Crippen LogP) is 1.59. The van der Waals surface area contributed by atoms with Crippen molar-refractivity contribution in [2.24, 2.45) is 0 Å². The van der Waals surface area contributed by atoms with Crippen LogP contribution < -0.4 is 0 Å². The van der Waals surface area contributed by atoms with Crippen LogP contribution in [0.4, 0.5) is 4.39 Å². The quantitative estimate of drug-likeness (QED) is 0.738. The van der Waals surface area contributed by atoms with Gasteiger partial charge in [-0.2, -0.15) is 0 Å².